The fourth-order valence-electron chi connectivity index (χ4n) is 7.35. The van der Waals surface area contributed by atoms with Gasteiger partial charge in [0.05, 0.1) is 43.4 Å². The lowest BCUT2D eigenvalue weighted by atomic mass is 9.97. The molecule has 0 aliphatic carbocycles. The molecule has 54 heavy (non-hydrogen) atoms. The van der Waals surface area contributed by atoms with Gasteiger partial charge in [-0.3, -0.25) is 24.1 Å². The van der Waals surface area contributed by atoms with Crippen LogP contribution in [-0.4, -0.2) is 134 Å². The second-order valence-corrected chi connectivity index (χ2v) is 15.6. The minimum Gasteiger partial charge on any atom is -0.504 e. The minimum absolute atomic E-state index is 0.0338. The molecule has 6 rings (SSSR count). The minimum atomic E-state index is -1.46. The van der Waals surface area contributed by atoms with Crippen molar-refractivity contribution in [2.45, 2.75) is 51.1 Å². The molecule has 1 aromatic heterocycles. The van der Waals surface area contributed by atoms with E-state index in [4.69, 9.17) is 38.5 Å². The molecular formula is C32H35Cl2N8O11S+. The maximum atomic E-state index is 13.6. The Hall–Kier alpha value is -4.89. The molecule has 2 aromatic rings. The number of β-lactam (4-membered cyclic amide) rings is 1. The Kier molecular flexibility index (Phi) is 10.9. The number of aromatic nitrogens is 1. The smallest absolute Gasteiger partial charge is 0.352 e. The molecular weight excluding hydrogens is 775 g/mol. The molecule has 5 atom stereocenters. The fourth-order valence-corrected chi connectivity index (χ4v) is 8.52. The number of fused-ring (bicyclic) bond motifs is 2. The number of piperazine rings is 1. The van der Waals surface area contributed by atoms with E-state index in [0.717, 1.165) is 29.1 Å². The summed E-state index contributed by atoms with van der Waals surface area (Å²) in [4.78, 5) is 88.0. The number of phenolic OH excluding ortho intramolecular Hbond substituents is 2. The van der Waals surface area contributed by atoms with E-state index in [1.165, 1.54) is 12.1 Å². The zero-order chi connectivity index (χ0) is 39.2. The van der Waals surface area contributed by atoms with E-state index >= 15 is 0 Å². The van der Waals surface area contributed by atoms with Crippen LogP contribution in [0.2, 0.25) is 9.36 Å². The third-order valence-electron chi connectivity index (χ3n) is 10.1. The normalized spacial score (nSPS) is 24.4. The average Bonchev–Trinajstić information content (AvgIpc) is 3.70. The van der Waals surface area contributed by atoms with E-state index in [1.54, 1.807) is 18.7 Å². The Morgan fingerprint density at radius 1 is 1.22 bits per heavy atom. The number of nitrogens with two attached hydrogens (primary N) is 1. The van der Waals surface area contributed by atoms with Gasteiger partial charge >= 0.3 is 11.9 Å². The van der Waals surface area contributed by atoms with Crippen molar-refractivity contribution in [3.63, 3.8) is 0 Å². The topological polar surface area (TPSA) is 264 Å². The van der Waals surface area contributed by atoms with Crippen LogP contribution in [0.3, 0.4) is 0 Å². The van der Waals surface area contributed by atoms with Gasteiger partial charge in [0.2, 0.25) is 6.10 Å². The number of nitrogens with zero attached hydrogens (tertiary/aromatic N) is 6. The highest BCUT2D eigenvalue weighted by Gasteiger charge is 2.57. The van der Waals surface area contributed by atoms with Crippen molar-refractivity contribution in [1.82, 2.24) is 20.1 Å². The van der Waals surface area contributed by atoms with Crippen LogP contribution >= 0.6 is 34.5 Å². The number of carboxylic acid groups (broad SMARTS) is 1. The van der Waals surface area contributed by atoms with Gasteiger partial charge in [0.25, 0.3) is 17.7 Å². The quantitative estimate of drug-likeness (QED) is 0.0541. The number of nitrogen functional groups attached to an aromatic ring is 1. The Morgan fingerprint density at radius 3 is 2.61 bits per heavy atom. The van der Waals surface area contributed by atoms with Crippen molar-refractivity contribution in [2.75, 3.05) is 45.1 Å². The first-order valence-corrected chi connectivity index (χ1v) is 18.2. The highest BCUT2D eigenvalue weighted by atomic mass is 35.5. The second-order valence-electron chi connectivity index (χ2n) is 13.6. The van der Waals surface area contributed by atoms with Crippen molar-refractivity contribution in [2.24, 2.45) is 16.3 Å². The molecule has 4 aliphatic heterocycles. The lowest BCUT2D eigenvalue weighted by Crippen LogP contribution is -2.74. The van der Waals surface area contributed by atoms with Gasteiger partial charge in [0, 0.05) is 29.5 Å². The van der Waals surface area contributed by atoms with Gasteiger partial charge in [-0.05, 0) is 12.1 Å². The molecule has 1 unspecified atom stereocenters. The number of ether oxygens (including phenoxy) is 1. The number of carbonyl (C=O) groups excluding carboxylic acids is 4. The highest BCUT2D eigenvalue weighted by Crippen LogP contribution is 2.40. The average molecular weight is 811 g/mol. The van der Waals surface area contributed by atoms with Crippen LogP contribution in [0.15, 0.2) is 33.7 Å². The third-order valence-corrected chi connectivity index (χ3v) is 11.5. The summed E-state index contributed by atoms with van der Waals surface area (Å²) in [5, 5.41) is 38.5. The number of aromatic hydroxyl groups is 2. The second kappa shape index (κ2) is 15.1. The number of rotatable bonds is 11. The van der Waals surface area contributed by atoms with Gasteiger partial charge < -0.3 is 45.3 Å². The standard InChI is InChI=1S/C32H34Cl2N8O11S/c1-13(2)24(27(46)38-51)53-39-20(19-25(34)54-32(35)37-19)26(45)36-21-29(48)41-22(31(49)50)14(12-52-30(21)41)11-42-8-3-4-15(42)10-40(7-9-42)28(47)16-5-6-17(43)23(44)18(16)33/h5-6,13,15,21,24,30H,3-4,7-12H2,1-2H3,(H5-,35,36,37,38,39,43,44,45,46,47,49,50,51)/p+1/t15-,21+,24-,30+,42?/m0/s1. The van der Waals surface area contributed by atoms with Gasteiger partial charge in [-0.2, -0.15) is 0 Å². The number of benzene rings is 1. The number of amides is 4. The highest BCUT2D eigenvalue weighted by molar-refractivity contribution is 7.19. The summed E-state index contributed by atoms with van der Waals surface area (Å²) < 4.78 is 6.38. The molecule has 0 radical (unpaired) electrons. The molecule has 288 valence electrons. The molecule has 22 heteroatoms. The van der Waals surface area contributed by atoms with Gasteiger partial charge in [-0.1, -0.05) is 53.5 Å². The van der Waals surface area contributed by atoms with E-state index in [9.17, 15) is 44.2 Å². The van der Waals surface area contributed by atoms with Crippen LogP contribution in [0.4, 0.5) is 5.13 Å². The SMILES string of the molecule is CC(C)[C@H](O/N=C(\C(=O)N[C@@H]1C(=O)N2C(C(=O)O)=C(C[N+]34CCC[C@H]3CN(C(=O)c3ccc(O)c(O)c3Cl)CC4)CO[C@H]12)c1nc(N)sc1Cl)C(=O)N=O. The zero-order valence-electron chi connectivity index (χ0n) is 28.7. The van der Waals surface area contributed by atoms with Gasteiger partial charge in [0.1, 0.15) is 28.3 Å². The van der Waals surface area contributed by atoms with Crippen LogP contribution in [0.25, 0.3) is 0 Å². The molecule has 3 saturated heterocycles. The first-order valence-electron chi connectivity index (χ1n) is 16.7. The Balaban J connectivity index is 1.19. The zero-order valence-corrected chi connectivity index (χ0v) is 31.1. The molecule has 0 saturated carbocycles. The number of phenols is 2. The number of nitrogens with one attached hydrogen (secondary N) is 1. The molecule has 5 heterocycles. The maximum absolute atomic E-state index is 13.6. The third kappa shape index (κ3) is 6.94. The number of quaternary nitrogens is 1. The summed E-state index contributed by atoms with van der Waals surface area (Å²) in [6.45, 7) is 4.94. The van der Waals surface area contributed by atoms with Crippen LogP contribution in [0.5, 0.6) is 11.5 Å². The maximum Gasteiger partial charge on any atom is 0.352 e. The van der Waals surface area contributed by atoms with E-state index in [2.05, 4.69) is 20.6 Å². The largest absolute Gasteiger partial charge is 0.504 e. The number of nitroso groups, excluding NO2 is 1. The Bertz CT molecular complexity index is 2010. The van der Waals surface area contributed by atoms with Crippen molar-refractivity contribution in [3.05, 3.63) is 48.9 Å². The summed E-state index contributed by atoms with van der Waals surface area (Å²) in [5.41, 5.74) is 5.09. The number of hydrogen-bond acceptors (Lipinski definition) is 14. The molecule has 0 bridgehead atoms. The van der Waals surface area contributed by atoms with Crippen molar-refractivity contribution >= 4 is 75.0 Å². The monoisotopic (exact) mass is 809 g/mol. The predicted molar refractivity (Wildman–Crippen MR) is 190 cm³/mol. The van der Waals surface area contributed by atoms with Gasteiger partial charge in [-0.25, -0.2) is 9.78 Å². The molecule has 6 N–H and O–H groups in total. The van der Waals surface area contributed by atoms with E-state index in [0.29, 0.717) is 36.2 Å². The van der Waals surface area contributed by atoms with Gasteiger partial charge in [-0.15, -0.1) is 4.91 Å². The number of carbonyl (C=O) groups is 5. The summed E-state index contributed by atoms with van der Waals surface area (Å²) in [7, 11) is 0. The van der Waals surface area contributed by atoms with E-state index in [-0.39, 0.29) is 50.6 Å². The first-order chi connectivity index (χ1) is 25.6. The van der Waals surface area contributed by atoms with E-state index < -0.39 is 71.1 Å². The number of aliphatic carboxylic acids is 1. The summed E-state index contributed by atoms with van der Waals surface area (Å²) in [5.74, 6) is -6.41. The van der Waals surface area contributed by atoms with Crippen LogP contribution in [-0.2, 0) is 28.8 Å². The number of anilines is 1. The van der Waals surface area contributed by atoms with E-state index in [1.807, 2.05) is 0 Å². The molecule has 0 spiro atoms. The molecule has 3 fully saturated rings. The van der Waals surface area contributed by atoms with Crippen molar-refractivity contribution in [1.29, 1.82) is 0 Å². The van der Waals surface area contributed by atoms with Crippen LogP contribution in [0, 0.1) is 10.8 Å². The van der Waals surface area contributed by atoms with Crippen molar-refractivity contribution in [3.8, 4) is 11.5 Å². The Morgan fingerprint density at radius 2 is 1.96 bits per heavy atom. The number of hydrogen-bond donors (Lipinski definition) is 5. The number of carboxylic acids is 1. The molecule has 19 nitrogen and oxygen atoms in total. The first kappa shape index (κ1) is 38.8. The lowest BCUT2D eigenvalue weighted by Gasteiger charge is -2.51. The molecule has 4 aliphatic rings. The predicted octanol–water partition coefficient (Wildman–Crippen LogP) is 1.64. The summed E-state index contributed by atoms with van der Waals surface area (Å²) in [6, 6.07) is 1.09. The summed E-state index contributed by atoms with van der Waals surface area (Å²) in [6.07, 6.45) is -1.10. The number of oxime groups is 1. The lowest BCUT2D eigenvalue weighted by molar-refractivity contribution is -0.939. The number of halogens is 2. The molecule has 1 aromatic carbocycles. The number of thiazole rings is 1. The molecule has 4 amide bonds. The van der Waals surface area contributed by atoms with Crippen LogP contribution < -0.4 is 11.1 Å². The fraction of sp³-hybridized carbons (Fsp3) is 0.469. The van der Waals surface area contributed by atoms with Crippen LogP contribution in [0.1, 0.15) is 42.7 Å². The summed E-state index contributed by atoms with van der Waals surface area (Å²) >= 11 is 13.2. The van der Waals surface area contributed by atoms with Gasteiger partial charge in [0.15, 0.2) is 34.6 Å². The van der Waals surface area contributed by atoms with Crippen molar-refractivity contribution < 1.29 is 53.3 Å². The Labute approximate surface area is 320 Å².